The van der Waals surface area contributed by atoms with Crippen LogP contribution in [0.4, 0.5) is 11.4 Å². The number of carbonyl (C=O) groups excluding carboxylic acids is 1. The number of nitro groups is 1. The number of aromatic hydroxyl groups is 1. The Morgan fingerprint density at radius 1 is 1.00 bits per heavy atom. The number of benzene rings is 3. The number of nitrogens with one attached hydrogen (secondary N) is 1. The van der Waals surface area contributed by atoms with Crippen LogP contribution < -0.4 is 5.32 Å². The highest BCUT2D eigenvalue weighted by Crippen LogP contribution is 2.34. The van der Waals surface area contributed by atoms with Crippen LogP contribution in [0.1, 0.15) is 21.7 Å². The summed E-state index contributed by atoms with van der Waals surface area (Å²) in [5.41, 5.74) is 4.61. The molecule has 2 heterocycles. The van der Waals surface area contributed by atoms with Crippen molar-refractivity contribution in [3.63, 3.8) is 0 Å². The standard InChI is InChI=1S/C26H19N3O6/c1-14-10-20-24(11-15(14)2)35-26(28-20)19-7-6-17(13-21(19)30)27-25(31)23-9-8-22(34-23)16-4-3-5-18(12-16)29(32)33/h3-13,30H,1-2H3,(H,27,31). The number of aromatic nitrogens is 1. The van der Waals surface area contributed by atoms with E-state index in [-0.39, 0.29) is 23.1 Å². The zero-order valence-electron chi connectivity index (χ0n) is 18.7. The molecule has 0 unspecified atom stereocenters. The third-order valence-electron chi connectivity index (χ3n) is 5.66. The van der Waals surface area contributed by atoms with E-state index < -0.39 is 10.8 Å². The predicted octanol–water partition coefficient (Wildman–Crippen LogP) is 6.24. The van der Waals surface area contributed by atoms with Crippen molar-refractivity contribution < 1.29 is 23.7 Å². The van der Waals surface area contributed by atoms with Crippen molar-refractivity contribution in [1.82, 2.24) is 4.98 Å². The molecule has 0 aliphatic carbocycles. The van der Waals surface area contributed by atoms with Gasteiger partial charge in [0, 0.05) is 29.4 Å². The van der Waals surface area contributed by atoms with Crippen molar-refractivity contribution in [2.75, 3.05) is 5.32 Å². The summed E-state index contributed by atoms with van der Waals surface area (Å²) in [4.78, 5) is 27.6. The second kappa shape index (κ2) is 8.45. The van der Waals surface area contributed by atoms with E-state index in [1.165, 1.54) is 24.3 Å². The molecule has 0 spiro atoms. The number of anilines is 1. The molecule has 1 amide bonds. The number of fused-ring (bicyclic) bond motifs is 1. The van der Waals surface area contributed by atoms with Crippen LogP contribution in [-0.4, -0.2) is 20.9 Å². The minimum Gasteiger partial charge on any atom is -0.507 e. The average Bonchev–Trinajstić information content (AvgIpc) is 3.47. The molecule has 5 aromatic rings. The molecule has 3 aromatic carbocycles. The SMILES string of the molecule is Cc1cc2nc(-c3ccc(NC(=O)c4ccc(-c5cccc([N+](=O)[O-])c5)o4)cc3O)oc2cc1C. The van der Waals surface area contributed by atoms with E-state index in [1.54, 1.807) is 30.3 Å². The molecule has 0 bridgehead atoms. The molecule has 9 heteroatoms. The highest BCUT2D eigenvalue weighted by molar-refractivity contribution is 6.03. The van der Waals surface area contributed by atoms with Crippen molar-refractivity contribution in [2.24, 2.45) is 0 Å². The third kappa shape index (κ3) is 4.22. The van der Waals surface area contributed by atoms with E-state index in [1.807, 2.05) is 26.0 Å². The third-order valence-corrected chi connectivity index (χ3v) is 5.66. The van der Waals surface area contributed by atoms with Gasteiger partial charge in [0.25, 0.3) is 11.6 Å². The summed E-state index contributed by atoms with van der Waals surface area (Å²) in [6, 6.07) is 17.4. The first-order chi connectivity index (χ1) is 16.8. The molecule has 0 aliphatic rings. The van der Waals surface area contributed by atoms with Gasteiger partial charge in [0.15, 0.2) is 11.3 Å². The minimum absolute atomic E-state index is 0.0137. The molecular weight excluding hydrogens is 450 g/mol. The zero-order valence-corrected chi connectivity index (χ0v) is 18.7. The highest BCUT2D eigenvalue weighted by atomic mass is 16.6. The number of rotatable bonds is 5. The summed E-state index contributed by atoms with van der Waals surface area (Å²) in [6.07, 6.45) is 0. The van der Waals surface area contributed by atoms with Gasteiger partial charge in [-0.15, -0.1) is 0 Å². The number of phenols is 1. The summed E-state index contributed by atoms with van der Waals surface area (Å²) in [6.45, 7) is 3.97. The molecule has 2 aromatic heterocycles. The van der Waals surface area contributed by atoms with Gasteiger partial charge in [0.05, 0.1) is 10.5 Å². The lowest BCUT2D eigenvalue weighted by atomic mass is 10.1. The number of non-ortho nitro benzene ring substituents is 1. The molecule has 0 saturated carbocycles. The van der Waals surface area contributed by atoms with Gasteiger partial charge in [-0.3, -0.25) is 14.9 Å². The lowest BCUT2D eigenvalue weighted by Gasteiger charge is -2.06. The fraction of sp³-hybridized carbons (Fsp3) is 0.0769. The van der Waals surface area contributed by atoms with Gasteiger partial charge in [-0.2, -0.15) is 0 Å². The second-order valence-corrected chi connectivity index (χ2v) is 8.08. The van der Waals surface area contributed by atoms with Gasteiger partial charge in [-0.1, -0.05) is 12.1 Å². The van der Waals surface area contributed by atoms with Crippen LogP contribution in [0.15, 0.2) is 75.6 Å². The van der Waals surface area contributed by atoms with E-state index in [0.717, 1.165) is 11.1 Å². The van der Waals surface area contributed by atoms with E-state index in [9.17, 15) is 20.0 Å². The van der Waals surface area contributed by atoms with Crippen LogP contribution in [0.5, 0.6) is 5.75 Å². The van der Waals surface area contributed by atoms with Crippen molar-refractivity contribution >= 4 is 28.4 Å². The van der Waals surface area contributed by atoms with E-state index in [0.29, 0.717) is 33.7 Å². The predicted molar refractivity (Wildman–Crippen MR) is 129 cm³/mol. The number of nitrogens with zero attached hydrogens (tertiary/aromatic N) is 2. The lowest BCUT2D eigenvalue weighted by Crippen LogP contribution is -2.10. The van der Waals surface area contributed by atoms with E-state index in [2.05, 4.69) is 10.3 Å². The maximum absolute atomic E-state index is 12.7. The van der Waals surface area contributed by atoms with Gasteiger partial charge in [-0.05, 0) is 61.4 Å². The number of amides is 1. The van der Waals surface area contributed by atoms with Gasteiger partial charge in [0.1, 0.15) is 17.0 Å². The summed E-state index contributed by atoms with van der Waals surface area (Å²) in [5, 5.41) is 24.2. The van der Waals surface area contributed by atoms with Crippen molar-refractivity contribution in [3.8, 4) is 28.5 Å². The number of carbonyl (C=O) groups is 1. The topological polar surface area (TPSA) is 132 Å². The number of furan rings is 1. The fourth-order valence-electron chi connectivity index (χ4n) is 3.67. The molecule has 0 aliphatic heterocycles. The number of nitro benzene ring substituents is 1. The molecule has 174 valence electrons. The molecule has 0 atom stereocenters. The van der Waals surface area contributed by atoms with Crippen molar-refractivity contribution in [1.29, 1.82) is 0 Å². The Morgan fingerprint density at radius 3 is 2.57 bits per heavy atom. The molecule has 0 radical (unpaired) electrons. The number of hydrogen-bond acceptors (Lipinski definition) is 7. The van der Waals surface area contributed by atoms with Gasteiger partial charge >= 0.3 is 0 Å². The van der Waals surface area contributed by atoms with Gasteiger partial charge < -0.3 is 19.3 Å². The Balaban J connectivity index is 1.35. The molecular formula is C26H19N3O6. The van der Waals surface area contributed by atoms with Crippen molar-refractivity contribution in [3.05, 3.63) is 93.7 Å². The minimum atomic E-state index is -0.540. The second-order valence-electron chi connectivity index (χ2n) is 8.08. The molecule has 5 rings (SSSR count). The quantitative estimate of drug-likeness (QED) is 0.230. The Hall–Kier alpha value is -4.92. The Bertz CT molecular complexity index is 1580. The van der Waals surface area contributed by atoms with Crippen LogP contribution in [0.25, 0.3) is 33.9 Å². The van der Waals surface area contributed by atoms with Gasteiger partial charge in [0.2, 0.25) is 5.89 Å². The normalized spacial score (nSPS) is 11.0. The highest BCUT2D eigenvalue weighted by Gasteiger charge is 2.17. The first-order valence-corrected chi connectivity index (χ1v) is 10.7. The summed E-state index contributed by atoms with van der Waals surface area (Å²) < 4.78 is 11.4. The van der Waals surface area contributed by atoms with E-state index in [4.69, 9.17) is 8.83 Å². The first kappa shape index (κ1) is 21.9. The number of phenolic OH excluding ortho intramolecular Hbond substituents is 1. The van der Waals surface area contributed by atoms with Crippen LogP contribution >= 0.6 is 0 Å². The number of aryl methyl sites for hydroxylation is 2. The van der Waals surface area contributed by atoms with E-state index >= 15 is 0 Å². The smallest absolute Gasteiger partial charge is 0.291 e. The largest absolute Gasteiger partial charge is 0.507 e. The molecule has 35 heavy (non-hydrogen) atoms. The van der Waals surface area contributed by atoms with Crippen LogP contribution in [0.3, 0.4) is 0 Å². The maximum Gasteiger partial charge on any atom is 0.291 e. The first-order valence-electron chi connectivity index (χ1n) is 10.7. The van der Waals surface area contributed by atoms with Crippen LogP contribution in [0.2, 0.25) is 0 Å². The Labute approximate surface area is 198 Å². The van der Waals surface area contributed by atoms with Crippen LogP contribution in [0, 0.1) is 24.0 Å². The summed E-state index contributed by atoms with van der Waals surface area (Å²) in [5.74, 6) is -0.0487. The number of hydrogen-bond donors (Lipinski definition) is 2. The monoisotopic (exact) mass is 469 g/mol. The van der Waals surface area contributed by atoms with Crippen molar-refractivity contribution in [2.45, 2.75) is 13.8 Å². The summed E-state index contributed by atoms with van der Waals surface area (Å²) >= 11 is 0. The lowest BCUT2D eigenvalue weighted by molar-refractivity contribution is -0.384. The van der Waals surface area contributed by atoms with Gasteiger partial charge in [-0.25, -0.2) is 4.98 Å². The van der Waals surface area contributed by atoms with Crippen LogP contribution in [-0.2, 0) is 0 Å². The molecule has 0 fully saturated rings. The zero-order chi connectivity index (χ0) is 24.7. The molecule has 0 saturated heterocycles. The Kier molecular flexibility index (Phi) is 5.29. The average molecular weight is 469 g/mol. The summed E-state index contributed by atoms with van der Waals surface area (Å²) in [7, 11) is 0. The molecule has 9 nitrogen and oxygen atoms in total. The Morgan fingerprint density at radius 2 is 1.80 bits per heavy atom. The maximum atomic E-state index is 12.7. The molecule has 2 N–H and O–H groups in total. The fourth-order valence-corrected chi connectivity index (χ4v) is 3.67. The number of oxazole rings is 1.